The van der Waals surface area contributed by atoms with E-state index in [1.807, 2.05) is 11.3 Å². The minimum atomic E-state index is 0. The normalized spacial score (nSPS) is 17.0. The first-order valence-electron chi connectivity index (χ1n) is 8.63. The van der Waals surface area contributed by atoms with Gasteiger partial charge < -0.3 is 4.90 Å². The van der Waals surface area contributed by atoms with Crippen molar-refractivity contribution >= 4 is 23.7 Å². The van der Waals surface area contributed by atoms with Gasteiger partial charge in [0.05, 0.1) is 0 Å². The Hall–Kier alpha value is -0.830. The Balaban J connectivity index is 0.00000192. The van der Waals surface area contributed by atoms with Crippen molar-refractivity contribution < 1.29 is 0 Å². The maximum Gasteiger partial charge on any atom is 0.0196 e. The van der Waals surface area contributed by atoms with E-state index in [0.717, 1.165) is 6.04 Å². The van der Waals surface area contributed by atoms with Crippen LogP contribution >= 0.6 is 23.7 Å². The van der Waals surface area contributed by atoms with Crippen molar-refractivity contribution in [1.82, 2.24) is 4.90 Å². The first-order valence-corrected chi connectivity index (χ1v) is 9.51. The standard InChI is InChI=1S/C20H27NS.ClH/c1-21(18-11-6-3-7-12-18)15-14-19(20-13-8-16-22-20)17-9-4-2-5-10-17;/h2,4-5,8-10,13,16,18-19H,3,6-7,11-12,14-15H2,1H3;1H. The van der Waals surface area contributed by atoms with Crippen LogP contribution in [0.25, 0.3) is 0 Å². The van der Waals surface area contributed by atoms with Crippen molar-refractivity contribution in [2.45, 2.75) is 50.5 Å². The van der Waals surface area contributed by atoms with E-state index in [2.05, 4.69) is 59.8 Å². The van der Waals surface area contributed by atoms with Crippen molar-refractivity contribution in [3.63, 3.8) is 0 Å². The first kappa shape index (κ1) is 18.5. The molecule has 23 heavy (non-hydrogen) atoms. The lowest BCUT2D eigenvalue weighted by Gasteiger charge is -2.32. The molecule has 1 aliphatic rings. The molecular weight excluding hydrogens is 322 g/mol. The molecule has 0 bridgehead atoms. The minimum absolute atomic E-state index is 0. The van der Waals surface area contributed by atoms with Crippen LogP contribution in [0.1, 0.15) is 54.9 Å². The second-order valence-corrected chi connectivity index (χ2v) is 7.52. The largest absolute Gasteiger partial charge is 0.303 e. The molecule has 1 aliphatic carbocycles. The summed E-state index contributed by atoms with van der Waals surface area (Å²) in [6, 6.07) is 16.3. The predicted octanol–water partition coefficient (Wildman–Crippen LogP) is 5.96. The first-order chi connectivity index (χ1) is 10.8. The second-order valence-electron chi connectivity index (χ2n) is 6.54. The summed E-state index contributed by atoms with van der Waals surface area (Å²) < 4.78 is 0. The zero-order valence-corrected chi connectivity index (χ0v) is 15.6. The van der Waals surface area contributed by atoms with Crippen LogP contribution < -0.4 is 0 Å². The molecule has 0 radical (unpaired) electrons. The molecule has 3 heteroatoms. The molecule has 1 fully saturated rings. The Kier molecular flexibility index (Phi) is 7.61. The van der Waals surface area contributed by atoms with Gasteiger partial charge in [-0.2, -0.15) is 0 Å². The lowest BCUT2D eigenvalue weighted by Crippen LogP contribution is -2.34. The molecule has 1 heterocycles. The van der Waals surface area contributed by atoms with Crippen molar-refractivity contribution in [3.05, 3.63) is 58.3 Å². The molecule has 1 unspecified atom stereocenters. The summed E-state index contributed by atoms with van der Waals surface area (Å²) >= 11 is 1.89. The molecular formula is C20H28ClNS. The average Bonchev–Trinajstić information content (AvgIpc) is 3.11. The number of benzene rings is 1. The molecule has 1 saturated carbocycles. The van der Waals surface area contributed by atoms with E-state index in [1.54, 1.807) is 0 Å². The Morgan fingerprint density at radius 1 is 1.04 bits per heavy atom. The van der Waals surface area contributed by atoms with Gasteiger partial charge in [-0.15, -0.1) is 23.7 Å². The summed E-state index contributed by atoms with van der Waals surface area (Å²) in [5.74, 6) is 0.548. The number of nitrogens with zero attached hydrogens (tertiary/aromatic N) is 1. The summed E-state index contributed by atoms with van der Waals surface area (Å²) in [6.07, 6.45) is 8.28. The molecule has 0 aliphatic heterocycles. The Labute approximate surface area is 151 Å². The lowest BCUT2D eigenvalue weighted by molar-refractivity contribution is 0.188. The van der Waals surface area contributed by atoms with Crippen LogP contribution in [0, 0.1) is 0 Å². The zero-order chi connectivity index (χ0) is 15.2. The number of hydrogen-bond donors (Lipinski definition) is 0. The van der Waals surface area contributed by atoms with E-state index in [-0.39, 0.29) is 12.4 Å². The van der Waals surface area contributed by atoms with Crippen molar-refractivity contribution in [3.8, 4) is 0 Å². The molecule has 1 aromatic heterocycles. The molecule has 1 aromatic carbocycles. The van der Waals surface area contributed by atoms with E-state index < -0.39 is 0 Å². The van der Waals surface area contributed by atoms with Gasteiger partial charge in [0.1, 0.15) is 0 Å². The highest BCUT2D eigenvalue weighted by Gasteiger charge is 2.20. The fraction of sp³-hybridized carbons (Fsp3) is 0.500. The lowest BCUT2D eigenvalue weighted by atomic mass is 9.92. The summed E-state index contributed by atoms with van der Waals surface area (Å²) in [5, 5.41) is 2.20. The molecule has 0 N–H and O–H groups in total. The van der Waals surface area contributed by atoms with E-state index in [9.17, 15) is 0 Å². The topological polar surface area (TPSA) is 3.24 Å². The highest BCUT2D eigenvalue weighted by molar-refractivity contribution is 7.10. The van der Waals surface area contributed by atoms with Crippen LogP contribution in [0.4, 0.5) is 0 Å². The maximum absolute atomic E-state index is 2.61. The molecule has 1 atom stereocenters. The molecule has 0 amide bonds. The van der Waals surface area contributed by atoms with Gasteiger partial charge in [0.2, 0.25) is 0 Å². The molecule has 0 spiro atoms. The van der Waals surface area contributed by atoms with Crippen molar-refractivity contribution in [2.75, 3.05) is 13.6 Å². The Morgan fingerprint density at radius 3 is 2.43 bits per heavy atom. The summed E-state index contributed by atoms with van der Waals surface area (Å²) in [4.78, 5) is 4.12. The smallest absolute Gasteiger partial charge is 0.0196 e. The molecule has 126 valence electrons. The number of hydrogen-bond acceptors (Lipinski definition) is 2. The van der Waals surface area contributed by atoms with Crippen LogP contribution in [0.5, 0.6) is 0 Å². The number of rotatable bonds is 6. The quantitative estimate of drug-likeness (QED) is 0.622. The second kappa shape index (κ2) is 9.46. The van der Waals surface area contributed by atoms with E-state index in [1.165, 1.54) is 55.5 Å². The average molecular weight is 350 g/mol. The SMILES string of the molecule is CN(CCC(c1ccccc1)c1cccs1)C1CCCCC1.Cl. The van der Waals surface area contributed by atoms with E-state index in [4.69, 9.17) is 0 Å². The van der Waals surface area contributed by atoms with Gasteiger partial charge >= 0.3 is 0 Å². The van der Waals surface area contributed by atoms with Crippen LogP contribution in [-0.4, -0.2) is 24.5 Å². The summed E-state index contributed by atoms with van der Waals surface area (Å²) in [6.45, 7) is 1.20. The highest BCUT2D eigenvalue weighted by Crippen LogP contribution is 2.32. The van der Waals surface area contributed by atoms with Crippen LogP contribution in [0.15, 0.2) is 47.8 Å². The van der Waals surface area contributed by atoms with Crippen LogP contribution in [0.2, 0.25) is 0 Å². The van der Waals surface area contributed by atoms with Gasteiger partial charge in [0.15, 0.2) is 0 Å². The summed E-state index contributed by atoms with van der Waals surface area (Å²) in [5.41, 5.74) is 1.46. The predicted molar refractivity (Wildman–Crippen MR) is 104 cm³/mol. The van der Waals surface area contributed by atoms with Crippen molar-refractivity contribution in [2.24, 2.45) is 0 Å². The fourth-order valence-electron chi connectivity index (χ4n) is 3.69. The van der Waals surface area contributed by atoms with Crippen molar-refractivity contribution in [1.29, 1.82) is 0 Å². The third kappa shape index (κ3) is 5.07. The van der Waals surface area contributed by atoms with Crippen LogP contribution in [0.3, 0.4) is 0 Å². The zero-order valence-electron chi connectivity index (χ0n) is 14.0. The van der Waals surface area contributed by atoms with Gasteiger partial charge in [-0.3, -0.25) is 0 Å². The molecule has 3 rings (SSSR count). The third-order valence-electron chi connectivity index (χ3n) is 5.06. The maximum atomic E-state index is 2.61. The fourth-order valence-corrected chi connectivity index (χ4v) is 4.57. The van der Waals surface area contributed by atoms with Gasteiger partial charge in [-0.25, -0.2) is 0 Å². The Morgan fingerprint density at radius 2 is 1.78 bits per heavy atom. The van der Waals surface area contributed by atoms with Crippen LogP contribution in [-0.2, 0) is 0 Å². The van der Waals surface area contributed by atoms with Gasteiger partial charge in [-0.05, 0) is 49.9 Å². The molecule has 1 nitrogen and oxygen atoms in total. The molecule has 2 aromatic rings. The Bertz CT molecular complexity index is 534. The van der Waals surface area contributed by atoms with Gasteiger partial charge in [-0.1, -0.05) is 55.7 Å². The van der Waals surface area contributed by atoms with Gasteiger partial charge in [0, 0.05) is 16.8 Å². The third-order valence-corrected chi connectivity index (χ3v) is 6.04. The van der Waals surface area contributed by atoms with E-state index >= 15 is 0 Å². The summed E-state index contributed by atoms with van der Waals surface area (Å²) in [7, 11) is 2.33. The van der Waals surface area contributed by atoms with E-state index in [0.29, 0.717) is 5.92 Å². The number of thiophene rings is 1. The number of halogens is 1. The molecule has 0 saturated heterocycles. The minimum Gasteiger partial charge on any atom is -0.303 e. The van der Waals surface area contributed by atoms with Gasteiger partial charge in [0.25, 0.3) is 0 Å². The monoisotopic (exact) mass is 349 g/mol. The highest BCUT2D eigenvalue weighted by atomic mass is 35.5.